The first kappa shape index (κ1) is 13.2. The number of aromatic nitrogens is 2. The van der Waals surface area contributed by atoms with Gasteiger partial charge in [-0.15, -0.1) is 0 Å². The summed E-state index contributed by atoms with van der Waals surface area (Å²) < 4.78 is 2.09. The Balaban J connectivity index is 2.25. The second kappa shape index (κ2) is 7.44. The van der Waals surface area contributed by atoms with Crippen LogP contribution in [0.5, 0.6) is 0 Å². The number of hydrogen-bond donors (Lipinski definition) is 1. The molecule has 0 saturated heterocycles. The van der Waals surface area contributed by atoms with E-state index in [2.05, 4.69) is 23.4 Å². The van der Waals surface area contributed by atoms with Crippen molar-refractivity contribution in [3.63, 3.8) is 0 Å². The van der Waals surface area contributed by atoms with E-state index in [9.17, 15) is 5.11 Å². The fourth-order valence-electron chi connectivity index (χ4n) is 1.94. The van der Waals surface area contributed by atoms with Gasteiger partial charge in [-0.2, -0.15) is 0 Å². The molecule has 0 amide bonds. The van der Waals surface area contributed by atoms with Crippen molar-refractivity contribution >= 4 is 0 Å². The van der Waals surface area contributed by atoms with Crippen LogP contribution in [0, 0.1) is 0 Å². The summed E-state index contributed by atoms with van der Waals surface area (Å²) in [5.74, 6) is 1.01. The highest BCUT2D eigenvalue weighted by atomic mass is 16.3. The quantitative estimate of drug-likeness (QED) is 0.689. The zero-order valence-corrected chi connectivity index (χ0v) is 10.5. The van der Waals surface area contributed by atoms with Gasteiger partial charge >= 0.3 is 0 Å². The van der Waals surface area contributed by atoms with Crippen LogP contribution in [-0.4, -0.2) is 20.8 Å². The average Bonchev–Trinajstić information content (AvgIpc) is 2.71. The molecule has 1 aromatic heterocycles. The highest BCUT2D eigenvalue weighted by Gasteiger charge is 2.09. The topological polar surface area (TPSA) is 38.1 Å². The van der Waals surface area contributed by atoms with Gasteiger partial charge in [-0.05, 0) is 13.3 Å². The molecule has 0 aromatic carbocycles. The lowest BCUT2D eigenvalue weighted by Gasteiger charge is -2.11. The summed E-state index contributed by atoms with van der Waals surface area (Å²) in [5.41, 5.74) is 0. The summed E-state index contributed by atoms with van der Waals surface area (Å²) in [6, 6.07) is 0. The predicted molar refractivity (Wildman–Crippen MR) is 66.4 cm³/mol. The van der Waals surface area contributed by atoms with E-state index in [-0.39, 0.29) is 6.10 Å². The van der Waals surface area contributed by atoms with Gasteiger partial charge in [0.25, 0.3) is 0 Å². The minimum atomic E-state index is -0.232. The van der Waals surface area contributed by atoms with Crippen molar-refractivity contribution in [1.29, 1.82) is 0 Å². The third-order valence-electron chi connectivity index (χ3n) is 2.95. The molecule has 0 fully saturated rings. The fourth-order valence-corrected chi connectivity index (χ4v) is 1.94. The second-order valence-corrected chi connectivity index (χ2v) is 4.34. The number of rotatable bonds is 8. The monoisotopic (exact) mass is 224 g/mol. The first-order chi connectivity index (χ1) is 7.77. The van der Waals surface area contributed by atoms with E-state index in [1.807, 2.05) is 12.4 Å². The van der Waals surface area contributed by atoms with Gasteiger partial charge < -0.3 is 9.67 Å². The van der Waals surface area contributed by atoms with Crippen LogP contribution < -0.4 is 0 Å². The van der Waals surface area contributed by atoms with Crippen LogP contribution in [0.1, 0.15) is 51.8 Å². The summed E-state index contributed by atoms with van der Waals surface area (Å²) in [6.45, 7) is 5.23. The molecule has 3 heteroatoms. The lowest BCUT2D eigenvalue weighted by atomic mass is 10.1. The van der Waals surface area contributed by atoms with Crippen molar-refractivity contribution in [3.8, 4) is 0 Å². The maximum Gasteiger partial charge on any atom is 0.111 e. The van der Waals surface area contributed by atoms with Gasteiger partial charge in [-0.3, -0.25) is 0 Å². The molecule has 1 aromatic rings. The number of aliphatic hydroxyl groups is 1. The fraction of sp³-hybridized carbons (Fsp3) is 0.769. The number of nitrogens with zero attached hydrogens (tertiary/aromatic N) is 2. The summed E-state index contributed by atoms with van der Waals surface area (Å²) in [7, 11) is 0. The van der Waals surface area contributed by atoms with Crippen molar-refractivity contribution in [2.45, 2.75) is 65.0 Å². The molecule has 0 bridgehead atoms. The molecule has 0 spiro atoms. The normalized spacial score (nSPS) is 12.9. The highest BCUT2D eigenvalue weighted by molar-refractivity contribution is 4.93. The smallest absolute Gasteiger partial charge is 0.111 e. The molecule has 16 heavy (non-hydrogen) atoms. The molecular weight excluding hydrogens is 200 g/mol. The van der Waals surface area contributed by atoms with Crippen LogP contribution >= 0.6 is 0 Å². The van der Waals surface area contributed by atoms with E-state index in [4.69, 9.17) is 0 Å². The van der Waals surface area contributed by atoms with Gasteiger partial charge in [0.15, 0.2) is 0 Å². The van der Waals surface area contributed by atoms with Crippen LogP contribution in [0.15, 0.2) is 12.4 Å². The SMILES string of the molecule is CCCCCCC(O)Cc1nccn1CC. The van der Waals surface area contributed by atoms with Crippen molar-refractivity contribution in [1.82, 2.24) is 9.55 Å². The van der Waals surface area contributed by atoms with Crippen molar-refractivity contribution < 1.29 is 5.11 Å². The van der Waals surface area contributed by atoms with E-state index < -0.39 is 0 Å². The van der Waals surface area contributed by atoms with Crippen molar-refractivity contribution in [2.75, 3.05) is 0 Å². The lowest BCUT2D eigenvalue weighted by molar-refractivity contribution is 0.157. The zero-order chi connectivity index (χ0) is 11.8. The molecule has 1 rings (SSSR count). The maximum atomic E-state index is 9.89. The third kappa shape index (κ3) is 4.35. The third-order valence-corrected chi connectivity index (χ3v) is 2.95. The number of aryl methyl sites for hydroxylation is 1. The van der Waals surface area contributed by atoms with Crippen molar-refractivity contribution in [3.05, 3.63) is 18.2 Å². The van der Waals surface area contributed by atoms with Gasteiger partial charge in [0.1, 0.15) is 5.82 Å². The first-order valence-corrected chi connectivity index (χ1v) is 6.46. The zero-order valence-electron chi connectivity index (χ0n) is 10.5. The largest absolute Gasteiger partial charge is 0.393 e. The number of aliphatic hydroxyl groups excluding tert-OH is 1. The molecule has 0 radical (unpaired) electrons. The molecule has 3 nitrogen and oxygen atoms in total. The van der Waals surface area contributed by atoms with Gasteiger partial charge in [0, 0.05) is 25.4 Å². The van der Waals surface area contributed by atoms with Crippen LogP contribution in [0.25, 0.3) is 0 Å². The van der Waals surface area contributed by atoms with E-state index in [0.717, 1.165) is 25.2 Å². The standard InChI is InChI=1S/C13H24N2O/c1-3-5-6-7-8-12(16)11-13-14-9-10-15(13)4-2/h9-10,12,16H,3-8,11H2,1-2H3. The van der Waals surface area contributed by atoms with Gasteiger partial charge in [0.05, 0.1) is 6.10 Å². The molecule has 0 aliphatic carbocycles. The van der Waals surface area contributed by atoms with Crippen LogP contribution in [0.2, 0.25) is 0 Å². The Hall–Kier alpha value is -0.830. The lowest BCUT2D eigenvalue weighted by Crippen LogP contribution is -2.14. The summed E-state index contributed by atoms with van der Waals surface area (Å²) >= 11 is 0. The van der Waals surface area contributed by atoms with Gasteiger partial charge in [-0.25, -0.2) is 4.98 Å². The Kier molecular flexibility index (Phi) is 6.16. The second-order valence-electron chi connectivity index (χ2n) is 4.34. The number of hydrogen-bond acceptors (Lipinski definition) is 2. The molecule has 1 atom stereocenters. The van der Waals surface area contributed by atoms with Gasteiger partial charge in [-0.1, -0.05) is 32.6 Å². The minimum absolute atomic E-state index is 0.232. The maximum absolute atomic E-state index is 9.89. The molecule has 1 unspecified atom stereocenters. The Morgan fingerprint density at radius 1 is 1.31 bits per heavy atom. The molecule has 92 valence electrons. The highest BCUT2D eigenvalue weighted by Crippen LogP contribution is 2.09. The Bertz CT molecular complexity index is 283. The predicted octanol–water partition coefficient (Wildman–Crippen LogP) is 2.78. The average molecular weight is 224 g/mol. The van der Waals surface area contributed by atoms with Crippen LogP contribution in [0.3, 0.4) is 0 Å². The summed E-state index contributed by atoms with van der Waals surface area (Å²) in [4.78, 5) is 4.27. The van der Waals surface area contributed by atoms with E-state index >= 15 is 0 Å². The van der Waals surface area contributed by atoms with E-state index in [1.165, 1.54) is 19.3 Å². The Morgan fingerprint density at radius 2 is 2.12 bits per heavy atom. The van der Waals surface area contributed by atoms with Crippen LogP contribution in [-0.2, 0) is 13.0 Å². The Labute approximate surface area is 98.5 Å². The van der Waals surface area contributed by atoms with Gasteiger partial charge in [0.2, 0.25) is 0 Å². The Morgan fingerprint density at radius 3 is 2.81 bits per heavy atom. The summed E-state index contributed by atoms with van der Waals surface area (Å²) in [5, 5.41) is 9.89. The molecule has 1 heterocycles. The summed E-state index contributed by atoms with van der Waals surface area (Å²) in [6.07, 6.45) is 10.0. The van der Waals surface area contributed by atoms with E-state index in [1.54, 1.807) is 0 Å². The molecule has 0 aliphatic rings. The first-order valence-electron chi connectivity index (χ1n) is 6.46. The molecule has 1 N–H and O–H groups in total. The van der Waals surface area contributed by atoms with E-state index in [0.29, 0.717) is 6.42 Å². The van der Waals surface area contributed by atoms with Crippen LogP contribution in [0.4, 0.5) is 0 Å². The molecule has 0 aliphatic heterocycles. The number of unbranched alkanes of at least 4 members (excludes halogenated alkanes) is 3. The van der Waals surface area contributed by atoms with Crippen molar-refractivity contribution in [2.24, 2.45) is 0 Å². The molecular formula is C13H24N2O. The number of imidazole rings is 1. The minimum Gasteiger partial charge on any atom is -0.393 e. The molecule has 0 saturated carbocycles.